The van der Waals surface area contributed by atoms with E-state index in [2.05, 4.69) is 25.6 Å². The van der Waals surface area contributed by atoms with Crippen molar-refractivity contribution in [3.05, 3.63) is 47.0 Å². The van der Waals surface area contributed by atoms with Gasteiger partial charge in [0.25, 0.3) is 0 Å². The van der Waals surface area contributed by atoms with E-state index in [0.29, 0.717) is 11.0 Å². The molecule has 0 atom stereocenters. The lowest BCUT2D eigenvalue weighted by Crippen LogP contribution is -2.27. The summed E-state index contributed by atoms with van der Waals surface area (Å²) in [5, 5.41) is 8.93. The summed E-state index contributed by atoms with van der Waals surface area (Å²) in [6.07, 6.45) is 4.89. The number of rotatable bonds is 6. The molecule has 112 valence electrons. The summed E-state index contributed by atoms with van der Waals surface area (Å²) < 4.78 is 28.9. The fourth-order valence-corrected chi connectivity index (χ4v) is 3.66. The topological polar surface area (TPSA) is 101 Å². The number of nitrogens with one attached hydrogen (secondary N) is 1. The monoisotopic (exact) mass is 373 g/mol. The first kappa shape index (κ1) is 15.7. The number of aromatic nitrogens is 2. The lowest BCUT2D eigenvalue weighted by Gasteiger charge is -2.09. The molecule has 0 unspecified atom stereocenters. The van der Waals surface area contributed by atoms with Crippen LogP contribution < -0.4 is 4.72 Å². The zero-order chi connectivity index (χ0) is 15.5. The minimum absolute atomic E-state index is 0.0896. The molecule has 0 radical (unpaired) electrons. The van der Waals surface area contributed by atoms with E-state index in [4.69, 9.17) is 5.11 Å². The number of carboxylic acid groups (broad SMARTS) is 1. The van der Waals surface area contributed by atoms with Crippen molar-refractivity contribution in [3.63, 3.8) is 0 Å². The maximum Gasteiger partial charge on any atom is 0.335 e. The molecule has 0 aliphatic heterocycles. The second kappa shape index (κ2) is 6.37. The highest BCUT2D eigenvalue weighted by molar-refractivity contribution is 9.10. The predicted octanol–water partition coefficient (Wildman–Crippen LogP) is 1.32. The lowest BCUT2D eigenvalue weighted by atomic mass is 10.2. The number of carboxylic acids is 1. The van der Waals surface area contributed by atoms with Crippen molar-refractivity contribution in [2.24, 2.45) is 0 Å². The van der Waals surface area contributed by atoms with Crippen LogP contribution in [0.2, 0.25) is 0 Å². The summed E-state index contributed by atoms with van der Waals surface area (Å²) in [6, 6.07) is 3.84. The zero-order valence-electron chi connectivity index (χ0n) is 10.7. The molecule has 0 saturated carbocycles. The average molecular weight is 374 g/mol. The third-order valence-corrected chi connectivity index (χ3v) is 5.14. The van der Waals surface area contributed by atoms with Crippen LogP contribution in [-0.4, -0.2) is 35.6 Å². The van der Waals surface area contributed by atoms with E-state index in [0.717, 1.165) is 6.07 Å². The van der Waals surface area contributed by atoms with Gasteiger partial charge in [-0.2, -0.15) is 0 Å². The number of benzene rings is 1. The predicted molar refractivity (Wildman–Crippen MR) is 78.5 cm³/mol. The Labute approximate surface area is 129 Å². The average Bonchev–Trinajstić information content (AvgIpc) is 2.91. The SMILES string of the molecule is O=C(O)c1ccc(Br)c(S(=O)(=O)NCCn2ccnc2)c1. The second-order valence-corrected chi connectivity index (χ2v) is 6.74. The van der Waals surface area contributed by atoms with E-state index in [9.17, 15) is 13.2 Å². The van der Waals surface area contributed by atoms with Crippen LogP contribution in [0.5, 0.6) is 0 Å². The Kier molecular flexibility index (Phi) is 4.76. The van der Waals surface area contributed by atoms with E-state index < -0.39 is 16.0 Å². The maximum atomic E-state index is 12.2. The molecule has 2 rings (SSSR count). The van der Waals surface area contributed by atoms with E-state index in [1.54, 1.807) is 23.3 Å². The summed E-state index contributed by atoms with van der Waals surface area (Å²) >= 11 is 3.12. The van der Waals surface area contributed by atoms with Crippen molar-refractivity contribution in [1.29, 1.82) is 0 Å². The Morgan fingerprint density at radius 3 is 2.81 bits per heavy atom. The van der Waals surface area contributed by atoms with Gasteiger partial charge in [0.1, 0.15) is 0 Å². The lowest BCUT2D eigenvalue weighted by molar-refractivity contribution is 0.0696. The molecule has 0 bridgehead atoms. The molecule has 2 N–H and O–H groups in total. The molecular formula is C12H12BrN3O4S. The summed E-state index contributed by atoms with van der Waals surface area (Å²) in [7, 11) is -3.79. The zero-order valence-corrected chi connectivity index (χ0v) is 13.1. The molecule has 1 heterocycles. The van der Waals surface area contributed by atoms with Gasteiger partial charge in [0.2, 0.25) is 10.0 Å². The van der Waals surface area contributed by atoms with Crippen LogP contribution in [-0.2, 0) is 16.6 Å². The number of aromatic carboxylic acids is 1. The number of imidazole rings is 1. The molecule has 0 aliphatic carbocycles. The minimum Gasteiger partial charge on any atom is -0.478 e. The molecule has 0 aliphatic rings. The maximum absolute atomic E-state index is 12.2. The van der Waals surface area contributed by atoms with Gasteiger partial charge >= 0.3 is 5.97 Å². The van der Waals surface area contributed by atoms with Crippen molar-refractivity contribution in [1.82, 2.24) is 14.3 Å². The van der Waals surface area contributed by atoms with Gasteiger partial charge in [-0.05, 0) is 34.1 Å². The first-order chi connectivity index (χ1) is 9.90. The standard InChI is InChI=1S/C12H12BrN3O4S/c13-10-2-1-9(12(17)18)7-11(10)21(19,20)15-4-6-16-5-3-14-8-16/h1-3,5,7-8,15H,4,6H2,(H,17,18). The highest BCUT2D eigenvalue weighted by Gasteiger charge is 2.19. The summed E-state index contributed by atoms with van der Waals surface area (Å²) in [5.74, 6) is -1.18. The third kappa shape index (κ3) is 3.90. The first-order valence-electron chi connectivity index (χ1n) is 5.88. The van der Waals surface area contributed by atoms with Crippen molar-refractivity contribution < 1.29 is 18.3 Å². The molecular weight excluding hydrogens is 362 g/mol. The number of halogens is 1. The van der Waals surface area contributed by atoms with Crippen LogP contribution >= 0.6 is 15.9 Å². The largest absolute Gasteiger partial charge is 0.478 e. The second-order valence-electron chi connectivity index (χ2n) is 4.15. The Balaban J connectivity index is 2.15. The van der Waals surface area contributed by atoms with E-state index in [1.807, 2.05) is 0 Å². The van der Waals surface area contributed by atoms with Gasteiger partial charge < -0.3 is 9.67 Å². The van der Waals surface area contributed by atoms with Gasteiger partial charge in [0.15, 0.2) is 0 Å². The van der Waals surface area contributed by atoms with E-state index >= 15 is 0 Å². The minimum atomic E-state index is -3.79. The molecule has 0 amide bonds. The van der Waals surface area contributed by atoms with Crippen LogP contribution in [0.15, 0.2) is 46.3 Å². The molecule has 0 spiro atoms. The van der Waals surface area contributed by atoms with Crippen LogP contribution in [0, 0.1) is 0 Å². The Morgan fingerprint density at radius 2 is 2.19 bits per heavy atom. The molecule has 0 fully saturated rings. The van der Waals surface area contributed by atoms with Gasteiger partial charge in [0, 0.05) is 30.0 Å². The van der Waals surface area contributed by atoms with Crippen LogP contribution in [0.25, 0.3) is 0 Å². The van der Waals surface area contributed by atoms with Crippen LogP contribution in [0.1, 0.15) is 10.4 Å². The van der Waals surface area contributed by atoms with Crippen molar-refractivity contribution >= 4 is 31.9 Å². The number of nitrogens with zero attached hydrogens (tertiary/aromatic N) is 2. The summed E-state index contributed by atoms with van der Waals surface area (Å²) in [4.78, 5) is 14.7. The van der Waals surface area contributed by atoms with Gasteiger partial charge in [-0.15, -0.1) is 0 Å². The Hall–Kier alpha value is -1.71. The molecule has 21 heavy (non-hydrogen) atoms. The van der Waals surface area contributed by atoms with Crippen LogP contribution in [0.3, 0.4) is 0 Å². The van der Waals surface area contributed by atoms with Gasteiger partial charge in [0.05, 0.1) is 16.8 Å². The molecule has 1 aromatic carbocycles. The fourth-order valence-electron chi connectivity index (χ4n) is 1.65. The molecule has 7 nitrogen and oxygen atoms in total. The summed E-state index contributed by atoms with van der Waals surface area (Å²) in [6.45, 7) is 0.595. The molecule has 9 heteroatoms. The fraction of sp³-hybridized carbons (Fsp3) is 0.167. The van der Waals surface area contributed by atoms with Crippen LogP contribution in [0.4, 0.5) is 0 Å². The number of hydrogen-bond acceptors (Lipinski definition) is 4. The Bertz CT molecular complexity index is 744. The van der Waals surface area contributed by atoms with Crippen molar-refractivity contribution in [3.8, 4) is 0 Å². The number of sulfonamides is 1. The van der Waals surface area contributed by atoms with Gasteiger partial charge in [-0.3, -0.25) is 0 Å². The summed E-state index contributed by atoms with van der Waals surface area (Å²) in [5.41, 5.74) is -0.0896. The number of hydrogen-bond donors (Lipinski definition) is 2. The van der Waals surface area contributed by atoms with Crippen molar-refractivity contribution in [2.75, 3.05) is 6.54 Å². The quantitative estimate of drug-likeness (QED) is 0.794. The Morgan fingerprint density at radius 1 is 1.43 bits per heavy atom. The smallest absolute Gasteiger partial charge is 0.335 e. The number of carbonyl (C=O) groups is 1. The normalized spacial score (nSPS) is 11.5. The van der Waals surface area contributed by atoms with Gasteiger partial charge in [-0.25, -0.2) is 22.9 Å². The van der Waals surface area contributed by atoms with E-state index in [-0.39, 0.29) is 17.0 Å². The molecule has 1 aromatic heterocycles. The van der Waals surface area contributed by atoms with E-state index in [1.165, 1.54) is 12.1 Å². The molecule has 0 saturated heterocycles. The highest BCUT2D eigenvalue weighted by Crippen LogP contribution is 2.23. The first-order valence-corrected chi connectivity index (χ1v) is 8.16. The molecule has 2 aromatic rings. The highest BCUT2D eigenvalue weighted by atomic mass is 79.9. The third-order valence-electron chi connectivity index (χ3n) is 2.69. The van der Waals surface area contributed by atoms with Crippen molar-refractivity contribution in [2.45, 2.75) is 11.4 Å². The van der Waals surface area contributed by atoms with Gasteiger partial charge in [-0.1, -0.05) is 0 Å².